The first-order valence-corrected chi connectivity index (χ1v) is 7.54. The Balaban J connectivity index is 2.27. The SMILES string of the molecule is Cc1cccc(C2CCCCN2C(=O)OC(C)(C)C)c1F. The second-order valence-electron chi connectivity index (χ2n) is 6.66. The highest BCUT2D eigenvalue weighted by atomic mass is 19.1. The fraction of sp³-hybridized carbons (Fsp3) is 0.588. The Morgan fingerprint density at radius 3 is 2.71 bits per heavy atom. The zero-order valence-electron chi connectivity index (χ0n) is 13.3. The zero-order valence-corrected chi connectivity index (χ0v) is 13.3. The summed E-state index contributed by atoms with van der Waals surface area (Å²) in [5, 5.41) is 0. The number of halogens is 1. The lowest BCUT2D eigenvalue weighted by Gasteiger charge is -2.37. The lowest BCUT2D eigenvalue weighted by atomic mass is 9.94. The summed E-state index contributed by atoms with van der Waals surface area (Å²) in [6.07, 6.45) is 2.35. The summed E-state index contributed by atoms with van der Waals surface area (Å²) in [5.41, 5.74) is 0.673. The molecule has 1 unspecified atom stereocenters. The fourth-order valence-electron chi connectivity index (χ4n) is 2.72. The maximum Gasteiger partial charge on any atom is 0.410 e. The van der Waals surface area contributed by atoms with E-state index in [0.717, 1.165) is 19.3 Å². The number of nitrogens with zero attached hydrogens (tertiary/aromatic N) is 1. The highest BCUT2D eigenvalue weighted by Gasteiger charge is 2.32. The minimum absolute atomic E-state index is 0.210. The fourth-order valence-corrected chi connectivity index (χ4v) is 2.72. The Morgan fingerprint density at radius 2 is 2.05 bits per heavy atom. The molecule has 1 fully saturated rings. The number of ether oxygens (including phenoxy) is 1. The van der Waals surface area contributed by atoms with Crippen LogP contribution in [-0.4, -0.2) is 23.1 Å². The Labute approximate surface area is 126 Å². The number of amides is 1. The van der Waals surface area contributed by atoms with Crippen molar-refractivity contribution < 1.29 is 13.9 Å². The van der Waals surface area contributed by atoms with Crippen LogP contribution >= 0.6 is 0 Å². The number of hydrogen-bond acceptors (Lipinski definition) is 2. The maximum atomic E-state index is 14.4. The van der Waals surface area contributed by atoms with Gasteiger partial charge >= 0.3 is 6.09 Å². The van der Waals surface area contributed by atoms with Gasteiger partial charge in [-0.15, -0.1) is 0 Å². The Bertz CT molecular complexity index is 522. The first-order chi connectivity index (χ1) is 9.79. The van der Waals surface area contributed by atoms with Crippen molar-refractivity contribution in [2.45, 2.75) is 58.6 Å². The van der Waals surface area contributed by atoms with E-state index in [4.69, 9.17) is 4.74 Å². The molecular weight excluding hydrogens is 269 g/mol. The predicted molar refractivity (Wildman–Crippen MR) is 80.7 cm³/mol. The molecule has 0 aromatic heterocycles. The van der Waals surface area contributed by atoms with Crippen molar-refractivity contribution in [2.75, 3.05) is 6.54 Å². The average Bonchev–Trinajstić information content (AvgIpc) is 2.40. The molecule has 1 saturated heterocycles. The summed E-state index contributed by atoms with van der Waals surface area (Å²) in [5.74, 6) is -0.210. The van der Waals surface area contributed by atoms with Gasteiger partial charge in [0.05, 0.1) is 6.04 Å². The molecule has 0 saturated carbocycles. The molecule has 0 radical (unpaired) electrons. The van der Waals surface area contributed by atoms with Crippen LogP contribution in [0.15, 0.2) is 18.2 Å². The van der Waals surface area contributed by atoms with Crippen molar-refractivity contribution in [1.82, 2.24) is 4.90 Å². The lowest BCUT2D eigenvalue weighted by Crippen LogP contribution is -2.42. The predicted octanol–water partition coefficient (Wildman–Crippen LogP) is 4.60. The molecule has 116 valence electrons. The second kappa shape index (κ2) is 6.04. The van der Waals surface area contributed by atoms with Gasteiger partial charge in [-0.1, -0.05) is 18.2 Å². The third kappa shape index (κ3) is 3.74. The van der Waals surface area contributed by atoms with Crippen LogP contribution in [0.4, 0.5) is 9.18 Å². The van der Waals surface area contributed by atoms with E-state index in [2.05, 4.69) is 0 Å². The first kappa shape index (κ1) is 15.8. The van der Waals surface area contributed by atoms with Gasteiger partial charge < -0.3 is 9.64 Å². The van der Waals surface area contributed by atoms with Gasteiger partial charge in [-0.3, -0.25) is 0 Å². The average molecular weight is 293 g/mol. The van der Waals surface area contributed by atoms with Gasteiger partial charge in [0.15, 0.2) is 0 Å². The normalized spacial score (nSPS) is 19.5. The summed E-state index contributed by atoms with van der Waals surface area (Å²) in [6.45, 7) is 7.90. The summed E-state index contributed by atoms with van der Waals surface area (Å²) in [6, 6.07) is 5.14. The van der Waals surface area contributed by atoms with E-state index in [1.165, 1.54) is 0 Å². The molecule has 4 heteroatoms. The van der Waals surface area contributed by atoms with Gasteiger partial charge in [-0.25, -0.2) is 9.18 Å². The van der Waals surface area contributed by atoms with Crippen LogP contribution in [0.3, 0.4) is 0 Å². The molecule has 1 heterocycles. The summed E-state index contributed by atoms with van der Waals surface area (Å²) < 4.78 is 19.8. The monoisotopic (exact) mass is 293 g/mol. The van der Waals surface area contributed by atoms with E-state index in [9.17, 15) is 9.18 Å². The zero-order chi connectivity index (χ0) is 15.6. The minimum atomic E-state index is -0.537. The van der Waals surface area contributed by atoms with E-state index in [1.807, 2.05) is 26.8 Å². The van der Waals surface area contributed by atoms with Crippen LogP contribution < -0.4 is 0 Å². The van der Waals surface area contributed by atoms with Crippen molar-refractivity contribution in [2.24, 2.45) is 0 Å². The molecule has 0 N–H and O–H groups in total. The Hall–Kier alpha value is -1.58. The molecule has 0 spiro atoms. The molecular formula is C17H24FNO2. The van der Waals surface area contributed by atoms with Gasteiger partial charge in [-0.05, 0) is 52.5 Å². The number of aryl methyl sites for hydroxylation is 1. The molecule has 1 atom stereocenters. The van der Waals surface area contributed by atoms with Gasteiger partial charge in [-0.2, -0.15) is 0 Å². The second-order valence-corrected chi connectivity index (χ2v) is 6.66. The quantitative estimate of drug-likeness (QED) is 0.757. The van der Waals surface area contributed by atoms with E-state index < -0.39 is 5.60 Å². The highest BCUT2D eigenvalue weighted by Crippen LogP contribution is 2.34. The van der Waals surface area contributed by atoms with Gasteiger partial charge in [0.2, 0.25) is 0 Å². The van der Waals surface area contributed by atoms with Gasteiger partial charge in [0.1, 0.15) is 11.4 Å². The molecule has 1 aromatic rings. The molecule has 21 heavy (non-hydrogen) atoms. The number of likely N-dealkylation sites (tertiary alicyclic amines) is 1. The minimum Gasteiger partial charge on any atom is -0.444 e. The van der Waals surface area contributed by atoms with Crippen molar-refractivity contribution in [3.05, 3.63) is 35.1 Å². The molecule has 0 aliphatic carbocycles. The van der Waals surface area contributed by atoms with Crippen LogP contribution in [0.25, 0.3) is 0 Å². The number of carbonyl (C=O) groups is 1. The van der Waals surface area contributed by atoms with Crippen LogP contribution in [-0.2, 0) is 4.74 Å². The number of rotatable bonds is 1. The third-order valence-electron chi connectivity index (χ3n) is 3.71. The van der Waals surface area contributed by atoms with E-state index in [-0.39, 0.29) is 18.0 Å². The summed E-state index contributed by atoms with van der Waals surface area (Å²) >= 11 is 0. The highest BCUT2D eigenvalue weighted by molar-refractivity contribution is 5.69. The molecule has 1 aliphatic rings. The van der Waals surface area contributed by atoms with Crippen LogP contribution in [0.1, 0.15) is 57.2 Å². The summed E-state index contributed by atoms with van der Waals surface area (Å²) in [4.78, 5) is 14.0. The van der Waals surface area contributed by atoms with Crippen molar-refractivity contribution in [3.63, 3.8) is 0 Å². The number of piperidine rings is 1. The molecule has 0 bridgehead atoms. The molecule has 1 aromatic carbocycles. The molecule has 3 nitrogen and oxygen atoms in total. The molecule has 1 aliphatic heterocycles. The van der Waals surface area contributed by atoms with Crippen LogP contribution in [0.5, 0.6) is 0 Å². The lowest BCUT2D eigenvalue weighted by molar-refractivity contribution is 0.00913. The number of benzene rings is 1. The largest absolute Gasteiger partial charge is 0.444 e. The van der Waals surface area contributed by atoms with Crippen molar-refractivity contribution in [3.8, 4) is 0 Å². The first-order valence-electron chi connectivity index (χ1n) is 7.54. The Kier molecular flexibility index (Phi) is 4.55. The standard InChI is InChI=1S/C17H24FNO2/c1-12-8-7-9-13(15(12)18)14-10-5-6-11-19(14)16(20)21-17(2,3)4/h7-9,14H,5-6,10-11H2,1-4H3. The topological polar surface area (TPSA) is 29.5 Å². The maximum absolute atomic E-state index is 14.4. The van der Waals surface area contributed by atoms with Crippen molar-refractivity contribution in [1.29, 1.82) is 0 Å². The molecule has 2 rings (SSSR count). The van der Waals surface area contributed by atoms with Gasteiger partial charge in [0.25, 0.3) is 0 Å². The smallest absolute Gasteiger partial charge is 0.410 e. The third-order valence-corrected chi connectivity index (χ3v) is 3.71. The van der Waals surface area contributed by atoms with Crippen LogP contribution in [0, 0.1) is 12.7 Å². The molecule has 1 amide bonds. The number of carbonyl (C=O) groups excluding carboxylic acids is 1. The number of hydrogen-bond donors (Lipinski definition) is 0. The van der Waals surface area contributed by atoms with Crippen LogP contribution in [0.2, 0.25) is 0 Å². The van der Waals surface area contributed by atoms with Crippen molar-refractivity contribution >= 4 is 6.09 Å². The van der Waals surface area contributed by atoms with E-state index >= 15 is 0 Å². The van der Waals surface area contributed by atoms with E-state index in [0.29, 0.717) is 17.7 Å². The van der Waals surface area contributed by atoms with E-state index in [1.54, 1.807) is 24.0 Å². The summed E-state index contributed by atoms with van der Waals surface area (Å²) in [7, 11) is 0. The Morgan fingerprint density at radius 1 is 1.33 bits per heavy atom. The van der Waals surface area contributed by atoms with Gasteiger partial charge in [0, 0.05) is 12.1 Å².